The molecule has 0 aliphatic rings. The van der Waals surface area contributed by atoms with Gasteiger partial charge < -0.3 is 10.9 Å². The first-order chi connectivity index (χ1) is 9.43. The monoisotopic (exact) mass is 280 g/mol. The molecule has 0 saturated heterocycles. The molecule has 0 aliphatic carbocycles. The van der Waals surface area contributed by atoms with Crippen LogP contribution in [0, 0.1) is 0 Å². The van der Waals surface area contributed by atoms with Crippen molar-refractivity contribution in [3.05, 3.63) is 65.2 Å². The minimum Gasteiger partial charge on any atom is -0.410 e. The Kier molecular flexibility index (Phi) is 3.65. The number of nitrogen functional groups attached to an aromatic ring is 1. The fourth-order valence-electron chi connectivity index (χ4n) is 1.80. The molecule has 0 aliphatic heterocycles. The third kappa shape index (κ3) is 2.74. The van der Waals surface area contributed by atoms with Crippen molar-refractivity contribution in [2.75, 3.05) is 5.73 Å². The predicted molar refractivity (Wildman–Crippen MR) is 69.7 cm³/mol. The Morgan fingerprint density at radius 1 is 1.05 bits per heavy atom. The van der Waals surface area contributed by atoms with Crippen molar-refractivity contribution in [2.45, 2.75) is 6.18 Å². The number of hydrogen-bond acceptors (Lipinski definition) is 3. The Morgan fingerprint density at radius 3 is 2.25 bits per heavy atom. The SMILES string of the molecule is Nc1ccc(C(F)(F)F)cc1C(=NO)c1ccccc1. The summed E-state index contributed by atoms with van der Waals surface area (Å²) in [6.45, 7) is 0. The van der Waals surface area contributed by atoms with E-state index >= 15 is 0 Å². The fraction of sp³-hybridized carbons (Fsp3) is 0.0714. The number of benzene rings is 2. The summed E-state index contributed by atoms with van der Waals surface area (Å²) in [5.74, 6) is 0. The molecule has 6 heteroatoms. The van der Waals surface area contributed by atoms with Crippen LogP contribution in [0.5, 0.6) is 0 Å². The van der Waals surface area contributed by atoms with Gasteiger partial charge in [0.1, 0.15) is 5.71 Å². The first-order valence-corrected chi connectivity index (χ1v) is 5.68. The summed E-state index contributed by atoms with van der Waals surface area (Å²) in [7, 11) is 0. The van der Waals surface area contributed by atoms with Crippen LogP contribution >= 0.6 is 0 Å². The number of rotatable bonds is 2. The number of nitrogens with zero attached hydrogens (tertiary/aromatic N) is 1. The molecular formula is C14H11F3N2O. The number of alkyl halides is 3. The average Bonchev–Trinajstić information content (AvgIpc) is 2.41. The van der Waals surface area contributed by atoms with Gasteiger partial charge in [0.05, 0.1) is 5.56 Å². The van der Waals surface area contributed by atoms with Crippen molar-refractivity contribution in [1.29, 1.82) is 0 Å². The maximum atomic E-state index is 12.7. The van der Waals surface area contributed by atoms with Crippen LogP contribution in [0.2, 0.25) is 0 Å². The second kappa shape index (κ2) is 5.24. The van der Waals surface area contributed by atoms with Crippen LogP contribution < -0.4 is 5.73 Å². The van der Waals surface area contributed by atoms with Gasteiger partial charge in [-0.3, -0.25) is 0 Å². The van der Waals surface area contributed by atoms with Crippen LogP contribution in [0.25, 0.3) is 0 Å². The van der Waals surface area contributed by atoms with Crippen molar-refractivity contribution in [3.8, 4) is 0 Å². The van der Waals surface area contributed by atoms with E-state index in [1.807, 2.05) is 0 Å². The second-order valence-electron chi connectivity index (χ2n) is 4.11. The lowest BCUT2D eigenvalue weighted by atomic mass is 9.98. The second-order valence-corrected chi connectivity index (χ2v) is 4.11. The molecule has 0 atom stereocenters. The molecule has 3 N–H and O–H groups in total. The van der Waals surface area contributed by atoms with Crippen molar-refractivity contribution >= 4 is 11.4 Å². The normalized spacial score (nSPS) is 12.4. The third-order valence-electron chi connectivity index (χ3n) is 2.78. The maximum absolute atomic E-state index is 12.7. The van der Waals surface area contributed by atoms with E-state index in [0.717, 1.165) is 18.2 Å². The Balaban J connectivity index is 2.56. The highest BCUT2D eigenvalue weighted by atomic mass is 19.4. The molecule has 0 fully saturated rings. The number of halogens is 3. The van der Waals surface area contributed by atoms with Gasteiger partial charge in [0.2, 0.25) is 0 Å². The molecule has 2 rings (SSSR count). The summed E-state index contributed by atoms with van der Waals surface area (Å²) in [5.41, 5.74) is 5.45. The lowest BCUT2D eigenvalue weighted by molar-refractivity contribution is -0.137. The summed E-state index contributed by atoms with van der Waals surface area (Å²) in [6.07, 6.45) is -4.49. The number of nitrogens with two attached hydrogens (primary N) is 1. The highest BCUT2D eigenvalue weighted by molar-refractivity contribution is 6.15. The van der Waals surface area contributed by atoms with E-state index in [1.54, 1.807) is 30.3 Å². The summed E-state index contributed by atoms with van der Waals surface area (Å²) in [6, 6.07) is 11.3. The number of anilines is 1. The van der Waals surface area contributed by atoms with Crippen molar-refractivity contribution in [3.63, 3.8) is 0 Å². The van der Waals surface area contributed by atoms with Crippen molar-refractivity contribution in [1.82, 2.24) is 0 Å². The van der Waals surface area contributed by atoms with Crippen LogP contribution in [-0.2, 0) is 6.18 Å². The van der Waals surface area contributed by atoms with E-state index in [0.29, 0.717) is 5.56 Å². The first-order valence-electron chi connectivity index (χ1n) is 5.68. The molecule has 104 valence electrons. The van der Waals surface area contributed by atoms with Gasteiger partial charge in [-0.05, 0) is 18.2 Å². The molecule has 0 aromatic heterocycles. The molecule has 2 aromatic rings. The highest BCUT2D eigenvalue weighted by Gasteiger charge is 2.31. The Bertz CT molecular complexity index is 637. The Labute approximate surface area is 113 Å². The fourth-order valence-corrected chi connectivity index (χ4v) is 1.80. The zero-order valence-electron chi connectivity index (χ0n) is 10.2. The van der Waals surface area contributed by atoms with Crippen molar-refractivity contribution < 1.29 is 18.4 Å². The van der Waals surface area contributed by atoms with Crippen LogP contribution in [0.3, 0.4) is 0 Å². The zero-order chi connectivity index (χ0) is 14.8. The predicted octanol–water partition coefficient (Wildman–Crippen LogP) is 3.51. The molecule has 0 amide bonds. The van der Waals surface area contributed by atoms with E-state index in [9.17, 15) is 13.2 Å². The molecular weight excluding hydrogens is 269 g/mol. The molecule has 0 unspecified atom stereocenters. The van der Waals surface area contributed by atoms with Gasteiger partial charge in [-0.25, -0.2) is 0 Å². The molecule has 2 aromatic carbocycles. The van der Waals surface area contributed by atoms with Crippen LogP contribution in [0.15, 0.2) is 53.7 Å². The minimum atomic E-state index is -4.49. The van der Waals surface area contributed by atoms with Gasteiger partial charge in [0.15, 0.2) is 0 Å². The molecule has 0 saturated carbocycles. The Morgan fingerprint density at radius 2 is 1.70 bits per heavy atom. The van der Waals surface area contributed by atoms with E-state index in [2.05, 4.69) is 5.16 Å². The molecule has 20 heavy (non-hydrogen) atoms. The van der Waals surface area contributed by atoms with Gasteiger partial charge in [-0.2, -0.15) is 13.2 Å². The highest BCUT2D eigenvalue weighted by Crippen LogP contribution is 2.32. The summed E-state index contributed by atoms with van der Waals surface area (Å²) in [4.78, 5) is 0. The largest absolute Gasteiger partial charge is 0.416 e. The standard InChI is InChI=1S/C14H11F3N2O/c15-14(16,17)10-6-7-12(18)11(8-10)13(19-20)9-4-2-1-3-5-9/h1-8,20H,18H2. The third-order valence-corrected chi connectivity index (χ3v) is 2.78. The van der Waals surface area contributed by atoms with Gasteiger partial charge in [0, 0.05) is 16.8 Å². The van der Waals surface area contributed by atoms with Gasteiger partial charge in [-0.15, -0.1) is 0 Å². The minimum absolute atomic E-state index is 0.00537. The zero-order valence-corrected chi connectivity index (χ0v) is 10.2. The maximum Gasteiger partial charge on any atom is 0.416 e. The topological polar surface area (TPSA) is 58.6 Å². The average molecular weight is 280 g/mol. The lowest BCUT2D eigenvalue weighted by Gasteiger charge is -2.12. The lowest BCUT2D eigenvalue weighted by Crippen LogP contribution is -2.11. The Hall–Kier alpha value is -2.50. The van der Waals surface area contributed by atoms with E-state index in [-0.39, 0.29) is 17.0 Å². The van der Waals surface area contributed by atoms with Crippen LogP contribution in [0.4, 0.5) is 18.9 Å². The molecule has 0 heterocycles. The quantitative estimate of drug-likeness (QED) is 0.383. The number of oxime groups is 1. The summed E-state index contributed by atoms with van der Waals surface area (Å²) >= 11 is 0. The van der Waals surface area contributed by atoms with E-state index in [1.165, 1.54) is 0 Å². The summed E-state index contributed by atoms with van der Waals surface area (Å²) < 4.78 is 38.2. The number of hydrogen-bond donors (Lipinski definition) is 2. The van der Waals surface area contributed by atoms with Gasteiger partial charge >= 0.3 is 6.18 Å². The van der Waals surface area contributed by atoms with Crippen LogP contribution in [0.1, 0.15) is 16.7 Å². The van der Waals surface area contributed by atoms with Gasteiger partial charge in [0.25, 0.3) is 0 Å². The van der Waals surface area contributed by atoms with E-state index < -0.39 is 11.7 Å². The molecule has 0 spiro atoms. The van der Waals surface area contributed by atoms with Crippen molar-refractivity contribution in [2.24, 2.45) is 5.16 Å². The smallest absolute Gasteiger partial charge is 0.410 e. The van der Waals surface area contributed by atoms with Crippen LogP contribution in [-0.4, -0.2) is 10.9 Å². The van der Waals surface area contributed by atoms with Gasteiger partial charge in [-0.1, -0.05) is 35.5 Å². The molecule has 0 radical (unpaired) electrons. The summed E-state index contributed by atoms with van der Waals surface area (Å²) in [5, 5.41) is 12.2. The molecule has 3 nitrogen and oxygen atoms in total. The van der Waals surface area contributed by atoms with E-state index in [4.69, 9.17) is 10.9 Å². The first kappa shape index (κ1) is 13.9. The molecule has 0 bridgehead atoms.